The number of nitrogens with one attached hydrogen (secondary N) is 3. The summed E-state index contributed by atoms with van der Waals surface area (Å²) in [5.74, 6) is -1.51. The number of aliphatic imine (C=N–C) groups is 1. The third kappa shape index (κ3) is 12.5. The zero-order valence-corrected chi connectivity index (χ0v) is 22.4. The van der Waals surface area contributed by atoms with E-state index in [-0.39, 0.29) is 29.5 Å². The number of nitro benzene ring substituents is 1. The number of hydrazine groups is 1. The highest BCUT2D eigenvalue weighted by Gasteiger charge is 2.20. The maximum absolute atomic E-state index is 11.2. The monoisotopic (exact) mass is 553 g/mol. The van der Waals surface area contributed by atoms with Gasteiger partial charge in [0.2, 0.25) is 0 Å². The number of benzene rings is 1. The fraction of sp³-hybridized carbons (Fsp3) is 0.667. The first-order valence-electron chi connectivity index (χ1n) is 13.1. The lowest BCUT2D eigenvalue weighted by Crippen LogP contribution is -2.40. The zero-order valence-electron chi connectivity index (χ0n) is 21.5. The minimum absolute atomic E-state index is 0.0916. The molecule has 0 radical (unpaired) electrons. The molecule has 0 bridgehead atoms. The molecular weight excluding hydrogens is 514 g/mol. The van der Waals surface area contributed by atoms with Crippen molar-refractivity contribution in [1.82, 2.24) is 15.5 Å². The molecule has 0 saturated heterocycles. The molecule has 0 amide bonds. The van der Waals surface area contributed by atoms with Crippen LogP contribution in [0, 0.1) is 20.2 Å². The quantitative estimate of drug-likeness (QED) is 0.0630. The third-order valence-electron chi connectivity index (χ3n) is 6.49. The Labute approximate surface area is 226 Å². The van der Waals surface area contributed by atoms with Gasteiger partial charge in [-0.2, -0.15) is 0 Å². The van der Waals surface area contributed by atoms with Crippen LogP contribution in [-0.4, -0.2) is 51.7 Å². The lowest BCUT2D eigenvalue weighted by molar-refractivity contribution is -0.525. The van der Waals surface area contributed by atoms with Crippen molar-refractivity contribution < 1.29 is 19.9 Å². The Morgan fingerprint density at radius 1 is 1.05 bits per heavy atom. The van der Waals surface area contributed by atoms with Gasteiger partial charge in [-0.25, -0.2) is 19.8 Å². The number of nitro groups is 2. The Hall–Kier alpha value is -2.97. The predicted octanol–water partition coefficient (Wildman–Crippen LogP) is 3.76. The predicted molar refractivity (Wildman–Crippen MR) is 146 cm³/mol. The van der Waals surface area contributed by atoms with Gasteiger partial charge < -0.3 is 16.2 Å². The first kappa shape index (κ1) is 31.2. The normalized spacial score (nSPS) is 17.6. The topological polar surface area (TPSA) is 198 Å². The number of nitrogens with zero attached hydrogens (tertiary/aromatic N) is 3. The molecule has 6 N–H and O–H groups in total. The standard InChI is InChI=1S/C12H16N6O6S.C12H23N/c13-12(15-18(23)24)14-7-3-4-8(11(19)20)16-25-10-6-2-1-5-9(10)17(21)22;1-3-7-11(8-4-1)13-12-9-5-2-6-10-12/h1-2,5-6,8,16H,3-4,7H2,(H,19,20)(H3,13,14,15);11-13H,1-10H2/t8-;/m0./s1. The minimum Gasteiger partial charge on any atom is -0.480 e. The van der Waals surface area contributed by atoms with Gasteiger partial charge in [0.15, 0.2) is 5.03 Å². The van der Waals surface area contributed by atoms with Gasteiger partial charge in [0.25, 0.3) is 11.6 Å². The van der Waals surface area contributed by atoms with Crippen LogP contribution in [0.25, 0.3) is 0 Å². The molecule has 2 saturated carbocycles. The molecule has 0 unspecified atom stereocenters. The molecule has 38 heavy (non-hydrogen) atoms. The van der Waals surface area contributed by atoms with Gasteiger partial charge >= 0.3 is 5.97 Å². The molecular formula is C24H39N7O6S. The molecule has 212 valence electrons. The van der Waals surface area contributed by atoms with E-state index in [1.165, 1.54) is 82.4 Å². The van der Waals surface area contributed by atoms with E-state index in [1.54, 1.807) is 11.5 Å². The molecule has 2 fully saturated rings. The molecule has 0 aromatic heterocycles. The van der Waals surface area contributed by atoms with Crippen LogP contribution in [0.1, 0.15) is 77.0 Å². The summed E-state index contributed by atoms with van der Waals surface area (Å²) in [5.41, 5.74) is 6.76. The molecule has 2 aliphatic carbocycles. The summed E-state index contributed by atoms with van der Waals surface area (Å²) in [6.45, 7) is 0.0916. The van der Waals surface area contributed by atoms with E-state index in [0.29, 0.717) is 6.42 Å². The van der Waals surface area contributed by atoms with Gasteiger partial charge in [0, 0.05) is 24.7 Å². The molecule has 0 aliphatic heterocycles. The van der Waals surface area contributed by atoms with Crippen LogP contribution >= 0.6 is 11.9 Å². The van der Waals surface area contributed by atoms with Crippen LogP contribution in [0.2, 0.25) is 0 Å². The van der Waals surface area contributed by atoms with E-state index < -0.39 is 22.0 Å². The number of para-hydroxylation sites is 1. The average molecular weight is 554 g/mol. The number of hydrogen-bond acceptors (Lipinski definition) is 9. The summed E-state index contributed by atoms with van der Waals surface area (Å²) in [6.07, 6.45) is 15.0. The molecule has 1 aromatic carbocycles. The van der Waals surface area contributed by atoms with Crippen molar-refractivity contribution in [3.63, 3.8) is 0 Å². The van der Waals surface area contributed by atoms with Gasteiger partial charge in [-0.15, -0.1) is 0 Å². The highest BCUT2D eigenvalue weighted by molar-refractivity contribution is 7.97. The first-order valence-corrected chi connectivity index (χ1v) is 13.9. The lowest BCUT2D eigenvalue weighted by atomic mass is 9.91. The first-order chi connectivity index (χ1) is 18.3. The summed E-state index contributed by atoms with van der Waals surface area (Å²) in [6, 6.07) is 6.70. The van der Waals surface area contributed by atoms with E-state index in [2.05, 4.69) is 15.0 Å². The molecule has 0 spiro atoms. The van der Waals surface area contributed by atoms with Gasteiger partial charge in [-0.05, 0) is 56.5 Å². The number of hydrogen-bond donors (Lipinski definition) is 5. The van der Waals surface area contributed by atoms with E-state index in [4.69, 9.17) is 5.73 Å². The molecule has 13 nitrogen and oxygen atoms in total. The van der Waals surface area contributed by atoms with Crippen molar-refractivity contribution in [2.45, 2.75) is 100 Å². The minimum atomic E-state index is -1.13. The molecule has 1 atom stereocenters. The molecule has 0 heterocycles. The summed E-state index contributed by atoms with van der Waals surface area (Å²) in [7, 11) is 0. The second-order valence-corrected chi connectivity index (χ2v) is 10.3. The third-order valence-corrected chi connectivity index (χ3v) is 7.46. The van der Waals surface area contributed by atoms with Crippen molar-refractivity contribution in [1.29, 1.82) is 0 Å². The summed E-state index contributed by atoms with van der Waals surface area (Å²) in [4.78, 5) is 35.7. The Balaban J connectivity index is 0.000000323. The molecule has 14 heteroatoms. The van der Waals surface area contributed by atoms with E-state index in [1.807, 2.05) is 0 Å². The van der Waals surface area contributed by atoms with Crippen molar-refractivity contribution >= 4 is 29.6 Å². The number of carboxylic acid groups (broad SMARTS) is 1. The smallest absolute Gasteiger partial charge is 0.321 e. The largest absolute Gasteiger partial charge is 0.480 e. The maximum Gasteiger partial charge on any atom is 0.321 e. The van der Waals surface area contributed by atoms with Gasteiger partial charge in [-0.1, -0.05) is 56.1 Å². The summed E-state index contributed by atoms with van der Waals surface area (Å²) < 4.78 is 2.66. The zero-order chi connectivity index (χ0) is 27.8. The van der Waals surface area contributed by atoms with Gasteiger partial charge in [0.1, 0.15) is 10.9 Å². The summed E-state index contributed by atoms with van der Waals surface area (Å²) >= 11 is 0.850. The molecule has 3 rings (SSSR count). The second kappa shape index (κ2) is 17.5. The van der Waals surface area contributed by atoms with Crippen LogP contribution in [0.3, 0.4) is 0 Å². The Kier molecular flexibility index (Phi) is 14.4. The van der Waals surface area contributed by atoms with Crippen molar-refractivity contribution in [3.8, 4) is 0 Å². The maximum atomic E-state index is 11.2. The Morgan fingerprint density at radius 2 is 1.63 bits per heavy atom. The Morgan fingerprint density at radius 3 is 2.16 bits per heavy atom. The number of carboxylic acids is 1. The number of guanidine groups is 1. The lowest BCUT2D eigenvalue weighted by Gasteiger charge is -2.30. The van der Waals surface area contributed by atoms with E-state index in [9.17, 15) is 30.1 Å². The average Bonchev–Trinajstić information content (AvgIpc) is 2.89. The number of carbonyl (C=O) groups is 1. The van der Waals surface area contributed by atoms with Crippen molar-refractivity contribution in [3.05, 3.63) is 44.5 Å². The molecule has 2 aliphatic rings. The van der Waals surface area contributed by atoms with E-state index >= 15 is 0 Å². The van der Waals surface area contributed by atoms with Gasteiger partial charge in [-0.3, -0.25) is 14.9 Å². The highest BCUT2D eigenvalue weighted by atomic mass is 32.2. The fourth-order valence-electron chi connectivity index (χ4n) is 4.56. The SMILES string of the molecule is C1CCC(NC2CCCCC2)CC1.NC(=NCCC[C@H](NSc1ccccc1[N+](=O)[O-])C(=O)O)N[N+](=O)[O-]. The van der Waals surface area contributed by atoms with Crippen molar-refractivity contribution in [2.75, 3.05) is 6.54 Å². The highest BCUT2D eigenvalue weighted by Crippen LogP contribution is 2.27. The number of aliphatic carboxylic acids is 1. The second-order valence-electron chi connectivity index (χ2n) is 9.45. The molecule has 1 aromatic rings. The summed E-state index contributed by atoms with van der Waals surface area (Å²) in [5, 5.41) is 33.2. The number of nitrogens with two attached hydrogens (primary N) is 1. The van der Waals surface area contributed by atoms with Crippen LogP contribution in [0.15, 0.2) is 34.2 Å². The fourth-order valence-corrected chi connectivity index (χ4v) is 5.44. The van der Waals surface area contributed by atoms with Gasteiger partial charge in [0.05, 0.1) is 4.92 Å². The Bertz CT molecular complexity index is 907. The van der Waals surface area contributed by atoms with Crippen LogP contribution < -0.4 is 21.2 Å². The van der Waals surface area contributed by atoms with Crippen LogP contribution in [-0.2, 0) is 4.79 Å². The van der Waals surface area contributed by atoms with Crippen LogP contribution in [0.4, 0.5) is 5.69 Å². The van der Waals surface area contributed by atoms with E-state index in [0.717, 1.165) is 24.0 Å². The number of rotatable bonds is 12. The van der Waals surface area contributed by atoms with Crippen LogP contribution in [0.5, 0.6) is 0 Å². The van der Waals surface area contributed by atoms with Crippen molar-refractivity contribution in [2.24, 2.45) is 10.7 Å².